The van der Waals surface area contributed by atoms with Gasteiger partial charge in [-0.3, -0.25) is 0 Å². The van der Waals surface area contributed by atoms with Crippen molar-refractivity contribution >= 4 is 17.7 Å². The van der Waals surface area contributed by atoms with Gasteiger partial charge in [-0.1, -0.05) is 0 Å². The number of hydrogen-bond acceptors (Lipinski definition) is 3. The van der Waals surface area contributed by atoms with Gasteiger partial charge in [0, 0.05) is 23.0 Å². The zero-order valence-electron chi connectivity index (χ0n) is 8.69. The molecule has 14 heavy (non-hydrogen) atoms. The predicted octanol–water partition coefficient (Wildman–Crippen LogP) is 2.89. The van der Waals surface area contributed by atoms with E-state index in [1.165, 1.54) is 15.3 Å². The standard InChI is InChI=1S/C11H14N2S/c1-8-6-10(9(2)14-8)11-4-5-12-7-13(11)3/h4-7,11H,1-3H3. The van der Waals surface area contributed by atoms with E-state index in [9.17, 15) is 0 Å². The van der Waals surface area contributed by atoms with Gasteiger partial charge in [0.1, 0.15) is 0 Å². The Morgan fingerprint density at radius 2 is 2.21 bits per heavy atom. The molecule has 0 aromatic carbocycles. The summed E-state index contributed by atoms with van der Waals surface area (Å²) in [5.41, 5.74) is 1.40. The third kappa shape index (κ3) is 1.60. The van der Waals surface area contributed by atoms with Crippen LogP contribution in [0.3, 0.4) is 0 Å². The van der Waals surface area contributed by atoms with Gasteiger partial charge < -0.3 is 4.90 Å². The lowest BCUT2D eigenvalue weighted by Crippen LogP contribution is -2.23. The number of hydrogen-bond donors (Lipinski definition) is 0. The highest BCUT2D eigenvalue weighted by Crippen LogP contribution is 2.30. The summed E-state index contributed by atoms with van der Waals surface area (Å²) in [6, 6.07) is 2.63. The van der Waals surface area contributed by atoms with Crippen molar-refractivity contribution in [3.63, 3.8) is 0 Å². The Labute approximate surface area is 88.6 Å². The first-order valence-electron chi connectivity index (χ1n) is 4.67. The maximum Gasteiger partial charge on any atom is 0.0909 e. The van der Waals surface area contributed by atoms with Crippen LogP contribution in [-0.2, 0) is 0 Å². The number of nitrogens with zero attached hydrogens (tertiary/aromatic N) is 2. The fourth-order valence-electron chi connectivity index (χ4n) is 1.75. The van der Waals surface area contributed by atoms with Crippen molar-refractivity contribution in [2.75, 3.05) is 7.05 Å². The molecule has 1 aromatic rings. The molecular weight excluding hydrogens is 192 g/mol. The van der Waals surface area contributed by atoms with E-state index in [1.54, 1.807) is 0 Å². The summed E-state index contributed by atoms with van der Waals surface area (Å²) in [6.07, 6.45) is 5.88. The molecule has 0 N–H and O–H groups in total. The fourth-order valence-corrected chi connectivity index (χ4v) is 2.72. The monoisotopic (exact) mass is 206 g/mol. The van der Waals surface area contributed by atoms with Crippen LogP contribution in [0.15, 0.2) is 23.3 Å². The van der Waals surface area contributed by atoms with Crippen molar-refractivity contribution < 1.29 is 0 Å². The third-order valence-electron chi connectivity index (χ3n) is 2.44. The second-order valence-electron chi connectivity index (χ2n) is 3.58. The number of rotatable bonds is 1. The molecule has 0 fully saturated rings. The normalized spacial score (nSPS) is 20.5. The molecule has 1 atom stereocenters. The van der Waals surface area contributed by atoms with Crippen LogP contribution in [0, 0.1) is 13.8 Å². The van der Waals surface area contributed by atoms with Crippen LogP contribution in [0.4, 0.5) is 0 Å². The topological polar surface area (TPSA) is 15.6 Å². The van der Waals surface area contributed by atoms with Gasteiger partial charge in [-0.2, -0.15) is 0 Å². The fraction of sp³-hybridized carbons (Fsp3) is 0.364. The zero-order valence-corrected chi connectivity index (χ0v) is 9.51. The van der Waals surface area contributed by atoms with Crippen LogP contribution >= 0.6 is 11.3 Å². The summed E-state index contributed by atoms with van der Waals surface area (Å²) in [5.74, 6) is 0. The summed E-state index contributed by atoms with van der Waals surface area (Å²) in [6.45, 7) is 4.34. The van der Waals surface area contributed by atoms with E-state index in [0.717, 1.165) is 0 Å². The number of thiophene rings is 1. The summed E-state index contributed by atoms with van der Waals surface area (Å²) in [4.78, 5) is 9.01. The van der Waals surface area contributed by atoms with Gasteiger partial charge in [-0.25, -0.2) is 4.99 Å². The van der Waals surface area contributed by atoms with Crippen molar-refractivity contribution in [2.24, 2.45) is 4.99 Å². The SMILES string of the molecule is Cc1cc(C2C=CN=CN2C)c(C)s1. The van der Waals surface area contributed by atoms with E-state index in [-0.39, 0.29) is 0 Å². The quantitative estimate of drug-likeness (QED) is 0.690. The van der Waals surface area contributed by atoms with E-state index in [2.05, 4.69) is 42.9 Å². The second kappa shape index (κ2) is 3.58. The van der Waals surface area contributed by atoms with Crippen molar-refractivity contribution in [3.8, 4) is 0 Å². The van der Waals surface area contributed by atoms with Crippen LogP contribution in [-0.4, -0.2) is 18.3 Å². The molecule has 2 nitrogen and oxygen atoms in total. The molecule has 0 radical (unpaired) electrons. The van der Waals surface area contributed by atoms with E-state index in [1.807, 2.05) is 23.9 Å². The molecule has 0 saturated carbocycles. The molecule has 2 rings (SSSR count). The molecule has 0 saturated heterocycles. The highest BCUT2D eigenvalue weighted by molar-refractivity contribution is 7.12. The molecule has 0 aliphatic carbocycles. The Kier molecular flexibility index (Phi) is 2.42. The summed E-state index contributed by atoms with van der Waals surface area (Å²) >= 11 is 1.86. The van der Waals surface area contributed by atoms with Gasteiger partial charge in [-0.15, -0.1) is 11.3 Å². The van der Waals surface area contributed by atoms with E-state index in [4.69, 9.17) is 0 Å². The molecule has 1 aliphatic heterocycles. The van der Waals surface area contributed by atoms with Crippen LogP contribution in [0.25, 0.3) is 0 Å². The van der Waals surface area contributed by atoms with Gasteiger partial charge in [0.05, 0.1) is 12.4 Å². The molecule has 1 unspecified atom stereocenters. The highest BCUT2D eigenvalue weighted by atomic mass is 32.1. The van der Waals surface area contributed by atoms with Crippen LogP contribution in [0.5, 0.6) is 0 Å². The minimum atomic E-state index is 0.359. The highest BCUT2D eigenvalue weighted by Gasteiger charge is 2.17. The van der Waals surface area contributed by atoms with Crippen LogP contribution in [0.1, 0.15) is 21.4 Å². The van der Waals surface area contributed by atoms with Gasteiger partial charge in [0.25, 0.3) is 0 Å². The Balaban J connectivity index is 2.35. The maximum atomic E-state index is 4.09. The molecule has 0 bridgehead atoms. The van der Waals surface area contributed by atoms with Gasteiger partial charge >= 0.3 is 0 Å². The van der Waals surface area contributed by atoms with Gasteiger partial charge in [-0.05, 0) is 31.6 Å². The summed E-state index contributed by atoms with van der Waals surface area (Å²) in [5, 5.41) is 0. The lowest BCUT2D eigenvalue weighted by Gasteiger charge is -2.25. The number of aryl methyl sites for hydroxylation is 2. The first-order valence-corrected chi connectivity index (χ1v) is 5.49. The summed E-state index contributed by atoms with van der Waals surface area (Å²) < 4.78 is 0. The first kappa shape index (κ1) is 9.46. The lowest BCUT2D eigenvalue weighted by atomic mass is 10.1. The van der Waals surface area contributed by atoms with Crippen molar-refractivity contribution in [1.29, 1.82) is 0 Å². The van der Waals surface area contributed by atoms with Gasteiger partial charge in [0.2, 0.25) is 0 Å². The van der Waals surface area contributed by atoms with E-state index in [0.29, 0.717) is 6.04 Å². The molecule has 0 spiro atoms. The van der Waals surface area contributed by atoms with Crippen LogP contribution in [0.2, 0.25) is 0 Å². The smallest absolute Gasteiger partial charge is 0.0909 e. The third-order valence-corrected chi connectivity index (χ3v) is 3.42. The molecule has 1 aliphatic rings. The Morgan fingerprint density at radius 1 is 1.43 bits per heavy atom. The molecule has 3 heteroatoms. The maximum absolute atomic E-state index is 4.09. The lowest BCUT2D eigenvalue weighted by molar-refractivity contribution is 0.445. The molecule has 0 amide bonds. The largest absolute Gasteiger partial charge is 0.355 e. The average Bonchev–Trinajstić information content (AvgIpc) is 2.46. The van der Waals surface area contributed by atoms with Crippen molar-refractivity contribution in [3.05, 3.63) is 33.7 Å². The minimum Gasteiger partial charge on any atom is -0.355 e. The Morgan fingerprint density at radius 3 is 2.79 bits per heavy atom. The van der Waals surface area contributed by atoms with E-state index >= 15 is 0 Å². The Bertz CT molecular complexity index is 390. The molecule has 74 valence electrons. The molecule has 2 heterocycles. The van der Waals surface area contributed by atoms with E-state index < -0.39 is 0 Å². The first-order chi connectivity index (χ1) is 6.68. The zero-order chi connectivity index (χ0) is 10.1. The van der Waals surface area contributed by atoms with Crippen molar-refractivity contribution in [1.82, 2.24) is 4.90 Å². The number of aliphatic imine (C=N–C) groups is 1. The predicted molar refractivity (Wildman–Crippen MR) is 61.9 cm³/mol. The second-order valence-corrected chi connectivity index (χ2v) is 5.05. The molecule has 1 aromatic heterocycles. The Hall–Kier alpha value is -1.09. The average molecular weight is 206 g/mol. The van der Waals surface area contributed by atoms with Crippen LogP contribution < -0.4 is 0 Å². The summed E-state index contributed by atoms with van der Waals surface area (Å²) in [7, 11) is 2.06. The van der Waals surface area contributed by atoms with Crippen molar-refractivity contribution in [2.45, 2.75) is 19.9 Å². The minimum absolute atomic E-state index is 0.359. The molecular formula is C11H14N2S. The number of likely N-dealkylation sites (N-methyl/N-ethyl adjacent to an activating group) is 1. The van der Waals surface area contributed by atoms with Gasteiger partial charge in [0.15, 0.2) is 0 Å².